The van der Waals surface area contributed by atoms with Crippen LogP contribution in [0.5, 0.6) is 0 Å². The van der Waals surface area contributed by atoms with Gasteiger partial charge in [0.1, 0.15) is 5.54 Å². The summed E-state index contributed by atoms with van der Waals surface area (Å²) in [6.45, 7) is 6.28. The van der Waals surface area contributed by atoms with Crippen LogP contribution in [0.1, 0.15) is 43.4 Å². The fourth-order valence-corrected chi connectivity index (χ4v) is 7.08. The van der Waals surface area contributed by atoms with Crippen molar-refractivity contribution >= 4 is 50.4 Å². The van der Waals surface area contributed by atoms with Crippen LogP contribution in [0.15, 0.2) is 71.6 Å². The van der Waals surface area contributed by atoms with Gasteiger partial charge in [-0.05, 0) is 100 Å². The fraction of sp³-hybridized carbons (Fsp3) is 0.323. The number of hydrogen-bond donors (Lipinski definition) is 0. The van der Waals surface area contributed by atoms with Gasteiger partial charge >= 0.3 is 6.18 Å². The van der Waals surface area contributed by atoms with Crippen LogP contribution in [0.4, 0.5) is 30.2 Å². The molecule has 2 aliphatic rings. The molecule has 3 aromatic carbocycles. The zero-order valence-corrected chi connectivity index (χ0v) is 25.8. The molecule has 0 bridgehead atoms. The molecule has 0 aromatic heterocycles. The van der Waals surface area contributed by atoms with E-state index in [1.165, 1.54) is 18.2 Å². The number of alkyl halides is 3. The van der Waals surface area contributed by atoms with Crippen molar-refractivity contribution in [2.75, 3.05) is 27.8 Å². The molecule has 0 N–H and O–H groups in total. The van der Waals surface area contributed by atoms with Gasteiger partial charge in [-0.1, -0.05) is 17.7 Å². The van der Waals surface area contributed by atoms with Gasteiger partial charge in [0.2, 0.25) is 0 Å². The van der Waals surface area contributed by atoms with Gasteiger partial charge in [-0.25, -0.2) is 0 Å². The second-order valence-corrected chi connectivity index (χ2v) is 13.2. The Hall–Kier alpha value is -3.99. The van der Waals surface area contributed by atoms with Crippen LogP contribution in [0.25, 0.3) is 0 Å². The number of nitriles is 1. The highest BCUT2D eigenvalue weighted by Crippen LogP contribution is 2.40. The third-order valence-corrected chi connectivity index (χ3v) is 9.58. The number of nitrogens with zero attached hydrogens (tertiary/aromatic N) is 4. The summed E-state index contributed by atoms with van der Waals surface area (Å²) in [5.74, 6) is -0.507. The van der Waals surface area contributed by atoms with E-state index in [0.717, 1.165) is 28.3 Å². The van der Waals surface area contributed by atoms with Crippen molar-refractivity contribution in [2.24, 2.45) is 0 Å². The summed E-state index contributed by atoms with van der Waals surface area (Å²) in [6, 6.07) is 18.4. The summed E-state index contributed by atoms with van der Waals surface area (Å²) in [4.78, 5) is 18.4. The van der Waals surface area contributed by atoms with Gasteiger partial charge in [0.15, 0.2) is 5.11 Å². The molecular formula is C31H29F3N4O4S2. The number of piperidine rings is 1. The molecule has 230 valence electrons. The Morgan fingerprint density at radius 3 is 2.09 bits per heavy atom. The Balaban J connectivity index is 1.29. The lowest BCUT2D eigenvalue weighted by atomic mass is 10.0. The molecule has 8 nitrogen and oxygen atoms in total. The largest absolute Gasteiger partial charge is 0.417 e. The van der Waals surface area contributed by atoms with Crippen molar-refractivity contribution in [2.45, 2.75) is 56.3 Å². The minimum Gasteiger partial charge on any atom is -0.371 e. The molecule has 44 heavy (non-hydrogen) atoms. The van der Waals surface area contributed by atoms with E-state index >= 15 is 0 Å². The molecule has 0 aliphatic carbocycles. The lowest BCUT2D eigenvalue weighted by molar-refractivity contribution is -0.137. The normalized spacial score (nSPS) is 17.7. The van der Waals surface area contributed by atoms with Crippen LogP contribution in [0.3, 0.4) is 0 Å². The van der Waals surface area contributed by atoms with Gasteiger partial charge < -0.3 is 9.80 Å². The predicted molar refractivity (Wildman–Crippen MR) is 164 cm³/mol. The maximum Gasteiger partial charge on any atom is 0.417 e. The maximum atomic E-state index is 13.6. The monoisotopic (exact) mass is 642 g/mol. The maximum absolute atomic E-state index is 13.6. The lowest BCUT2D eigenvalue weighted by Gasteiger charge is -2.34. The Morgan fingerprint density at radius 1 is 0.955 bits per heavy atom. The van der Waals surface area contributed by atoms with E-state index in [1.807, 2.05) is 19.1 Å². The van der Waals surface area contributed by atoms with E-state index in [-0.39, 0.29) is 15.7 Å². The third kappa shape index (κ3) is 5.89. The summed E-state index contributed by atoms with van der Waals surface area (Å²) >= 11 is 5.62. The average molecular weight is 643 g/mol. The third-order valence-electron chi connectivity index (χ3n) is 7.84. The van der Waals surface area contributed by atoms with Gasteiger partial charge in [-0.15, -0.1) is 0 Å². The summed E-state index contributed by atoms with van der Waals surface area (Å²) in [5, 5.41) is 9.15. The van der Waals surface area contributed by atoms with Crippen molar-refractivity contribution in [3.63, 3.8) is 0 Å². The van der Waals surface area contributed by atoms with Gasteiger partial charge in [0.25, 0.3) is 16.0 Å². The Morgan fingerprint density at radius 2 is 1.52 bits per heavy atom. The molecule has 0 spiro atoms. The topological polar surface area (TPSA) is 94.0 Å². The van der Waals surface area contributed by atoms with Crippen molar-refractivity contribution in [1.82, 2.24) is 0 Å². The summed E-state index contributed by atoms with van der Waals surface area (Å²) < 4.78 is 71.8. The van der Waals surface area contributed by atoms with E-state index in [4.69, 9.17) is 21.7 Å². The first kappa shape index (κ1) is 31.4. The van der Waals surface area contributed by atoms with Crippen molar-refractivity contribution in [1.29, 1.82) is 5.26 Å². The number of halogens is 3. The van der Waals surface area contributed by atoms with Gasteiger partial charge in [0, 0.05) is 24.5 Å². The molecular weight excluding hydrogens is 613 g/mol. The molecule has 2 fully saturated rings. The highest BCUT2D eigenvalue weighted by Gasteiger charge is 2.50. The van der Waals surface area contributed by atoms with E-state index in [9.17, 15) is 26.4 Å². The standard InChI is InChI=1S/C31H29F3N4O4S2/c1-20-4-12-26(13-5-20)44(40,41)42-25-14-16-36(17-15-25)22-8-10-23(11-9-22)38-29(43)37(28(39)30(38,2)3)24-7-6-21(19-35)27(18-24)31(32,33)34/h4-13,18,25H,14-17H2,1-3H3. The van der Waals surface area contributed by atoms with E-state index in [2.05, 4.69) is 4.90 Å². The van der Waals surface area contributed by atoms with Crippen LogP contribution in [0, 0.1) is 18.3 Å². The molecule has 2 heterocycles. The molecule has 0 atom stereocenters. The zero-order chi connectivity index (χ0) is 32.0. The number of thiocarbonyl (C=S) groups is 1. The lowest BCUT2D eigenvalue weighted by Crippen LogP contribution is -2.44. The predicted octanol–water partition coefficient (Wildman–Crippen LogP) is 6.18. The summed E-state index contributed by atoms with van der Waals surface area (Å²) in [5.41, 5.74) is -0.567. The van der Waals surface area contributed by atoms with Crippen molar-refractivity contribution < 1.29 is 30.6 Å². The molecule has 0 saturated carbocycles. The molecule has 0 radical (unpaired) electrons. The van der Waals surface area contributed by atoms with Crippen LogP contribution in [-0.4, -0.2) is 44.2 Å². The average Bonchev–Trinajstić information content (AvgIpc) is 3.15. The highest BCUT2D eigenvalue weighted by atomic mass is 32.2. The number of rotatable bonds is 6. The Bertz CT molecular complexity index is 1740. The molecule has 0 unspecified atom stereocenters. The minimum absolute atomic E-state index is 0.0123. The minimum atomic E-state index is -4.79. The van der Waals surface area contributed by atoms with E-state index in [0.29, 0.717) is 31.6 Å². The first-order chi connectivity index (χ1) is 20.6. The van der Waals surface area contributed by atoms with Crippen LogP contribution >= 0.6 is 12.2 Å². The molecule has 2 saturated heterocycles. The Kier molecular flexibility index (Phi) is 8.22. The first-order valence-electron chi connectivity index (χ1n) is 13.8. The number of hydrogen-bond acceptors (Lipinski definition) is 7. The number of amides is 1. The van der Waals surface area contributed by atoms with Crippen molar-refractivity contribution in [3.05, 3.63) is 83.4 Å². The van der Waals surface area contributed by atoms with Crippen LogP contribution < -0.4 is 14.7 Å². The fourth-order valence-electron chi connectivity index (χ4n) is 5.42. The summed E-state index contributed by atoms with van der Waals surface area (Å²) in [6.07, 6.45) is -4.22. The number of aryl methyl sites for hydroxylation is 1. The van der Waals surface area contributed by atoms with Crippen LogP contribution in [-0.2, 0) is 25.3 Å². The molecule has 3 aromatic rings. The second-order valence-electron chi connectivity index (χ2n) is 11.2. The summed E-state index contributed by atoms with van der Waals surface area (Å²) in [7, 11) is -3.87. The molecule has 13 heteroatoms. The van der Waals surface area contributed by atoms with Crippen molar-refractivity contribution in [3.8, 4) is 6.07 Å². The quantitative estimate of drug-likeness (QED) is 0.233. The number of carbonyl (C=O) groups is 1. The smallest absolute Gasteiger partial charge is 0.371 e. The first-order valence-corrected chi connectivity index (χ1v) is 15.6. The van der Waals surface area contributed by atoms with Gasteiger partial charge in [0.05, 0.1) is 33.9 Å². The second kappa shape index (κ2) is 11.5. The van der Waals surface area contributed by atoms with E-state index < -0.39 is 45.0 Å². The molecule has 2 aliphatic heterocycles. The molecule has 1 amide bonds. The number of anilines is 3. The van der Waals surface area contributed by atoms with E-state index in [1.54, 1.807) is 49.1 Å². The number of benzene rings is 3. The number of carbonyl (C=O) groups excluding carboxylic acids is 1. The van der Waals surface area contributed by atoms with Gasteiger partial charge in [-0.2, -0.15) is 26.9 Å². The van der Waals surface area contributed by atoms with Crippen LogP contribution in [0.2, 0.25) is 0 Å². The molecule has 5 rings (SSSR count). The highest BCUT2D eigenvalue weighted by molar-refractivity contribution is 7.86. The zero-order valence-electron chi connectivity index (χ0n) is 24.1. The van der Waals surface area contributed by atoms with Gasteiger partial charge in [-0.3, -0.25) is 13.9 Å². The Labute approximate surface area is 259 Å². The SMILES string of the molecule is Cc1ccc(S(=O)(=O)OC2CCN(c3ccc(N4C(=S)N(c5ccc(C#N)c(C(F)(F)F)c5)C(=O)C4(C)C)cc3)CC2)cc1.